The van der Waals surface area contributed by atoms with Crippen molar-refractivity contribution >= 4 is 0 Å². The predicted molar refractivity (Wildman–Crippen MR) is 85.3 cm³/mol. The topological polar surface area (TPSA) is 24.9 Å². The Morgan fingerprint density at radius 3 is 1.90 bits per heavy atom. The van der Waals surface area contributed by atoms with Crippen LogP contribution < -0.4 is 5.32 Å². The van der Waals surface area contributed by atoms with E-state index in [-0.39, 0.29) is 6.04 Å². The summed E-state index contributed by atoms with van der Waals surface area (Å²) in [5, 5.41) is 3.45. The first kappa shape index (κ1) is 14.7. The molecule has 0 saturated carbocycles. The lowest BCUT2D eigenvalue weighted by molar-refractivity contribution is 0.678. The fourth-order valence-electron chi connectivity index (χ4n) is 2.99. The van der Waals surface area contributed by atoms with Gasteiger partial charge in [-0.3, -0.25) is 4.98 Å². The number of aromatic nitrogens is 1. The molecule has 0 aliphatic rings. The van der Waals surface area contributed by atoms with Gasteiger partial charge in [-0.25, -0.2) is 0 Å². The van der Waals surface area contributed by atoms with Gasteiger partial charge in [-0.15, -0.1) is 0 Å². The van der Waals surface area contributed by atoms with Crippen LogP contribution in [0.3, 0.4) is 0 Å². The maximum Gasteiger partial charge on any atom is 0.0594 e. The average Bonchev–Trinajstić information content (AvgIpc) is 2.48. The van der Waals surface area contributed by atoms with Crippen molar-refractivity contribution in [1.29, 1.82) is 0 Å². The van der Waals surface area contributed by atoms with Crippen molar-refractivity contribution in [3.05, 3.63) is 63.5 Å². The zero-order chi connectivity index (χ0) is 14.9. The van der Waals surface area contributed by atoms with Crippen molar-refractivity contribution in [3.63, 3.8) is 0 Å². The third-order valence-electron chi connectivity index (χ3n) is 4.65. The minimum atomic E-state index is 0.196. The van der Waals surface area contributed by atoms with Gasteiger partial charge in [0, 0.05) is 12.4 Å². The normalized spacial score (nSPS) is 12.5. The summed E-state index contributed by atoms with van der Waals surface area (Å²) in [6.45, 7) is 11.1. The Morgan fingerprint density at radius 2 is 1.45 bits per heavy atom. The van der Waals surface area contributed by atoms with Crippen molar-refractivity contribution in [3.8, 4) is 0 Å². The fourth-order valence-corrected chi connectivity index (χ4v) is 2.99. The molecule has 2 rings (SSSR count). The highest BCUT2D eigenvalue weighted by molar-refractivity contribution is 5.52. The van der Waals surface area contributed by atoms with Gasteiger partial charge in [0.25, 0.3) is 0 Å². The van der Waals surface area contributed by atoms with Crippen LogP contribution in [-0.4, -0.2) is 12.0 Å². The van der Waals surface area contributed by atoms with Gasteiger partial charge in [0.1, 0.15) is 0 Å². The third-order valence-corrected chi connectivity index (χ3v) is 4.65. The first-order valence-electron chi connectivity index (χ1n) is 7.13. The first-order chi connectivity index (χ1) is 9.49. The van der Waals surface area contributed by atoms with Gasteiger partial charge >= 0.3 is 0 Å². The van der Waals surface area contributed by atoms with Crippen LogP contribution in [0.2, 0.25) is 0 Å². The summed E-state index contributed by atoms with van der Waals surface area (Å²) in [5.41, 5.74) is 9.57. The molecule has 1 atom stereocenters. The highest BCUT2D eigenvalue weighted by Gasteiger charge is 2.20. The fraction of sp³-hybridized carbons (Fsp3) is 0.389. The first-order valence-corrected chi connectivity index (χ1v) is 7.13. The Morgan fingerprint density at radius 1 is 0.900 bits per heavy atom. The van der Waals surface area contributed by atoms with Crippen LogP contribution in [0.1, 0.15) is 45.0 Å². The molecule has 0 aliphatic carbocycles. The van der Waals surface area contributed by atoms with Crippen LogP contribution in [0.25, 0.3) is 0 Å². The molecule has 106 valence electrons. The number of hydrogen-bond acceptors (Lipinski definition) is 2. The zero-order valence-electron chi connectivity index (χ0n) is 13.3. The van der Waals surface area contributed by atoms with E-state index in [2.05, 4.69) is 51.0 Å². The average molecular weight is 268 g/mol. The van der Waals surface area contributed by atoms with Crippen LogP contribution >= 0.6 is 0 Å². The second kappa shape index (κ2) is 5.76. The Labute approximate surface area is 122 Å². The van der Waals surface area contributed by atoms with Gasteiger partial charge in [-0.05, 0) is 86.7 Å². The van der Waals surface area contributed by atoms with Crippen LogP contribution in [0, 0.1) is 34.6 Å². The molecule has 1 aromatic carbocycles. The molecule has 2 heteroatoms. The number of nitrogens with one attached hydrogen (secondary N) is 1. The Balaban J connectivity index is 2.68. The Hall–Kier alpha value is -1.67. The number of rotatable bonds is 3. The highest BCUT2D eigenvalue weighted by Crippen LogP contribution is 2.33. The number of benzene rings is 1. The lowest BCUT2D eigenvalue weighted by Gasteiger charge is -2.25. The van der Waals surface area contributed by atoms with Gasteiger partial charge in [0.15, 0.2) is 0 Å². The molecular weight excluding hydrogens is 244 g/mol. The summed E-state index contributed by atoms with van der Waals surface area (Å²) in [7, 11) is 2.01. The van der Waals surface area contributed by atoms with Crippen LogP contribution in [-0.2, 0) is 0 Å². The van der Waals surface area contributed by atoms with E-state index in [9.17, 15) is 0 Å². The minimum Gasteiger partial charge on any atom is -0.309 e. The molecule has 0 amide bonds. The largest absolute Gasteiger partial charge is 0.309 e. The molecule has 1 unspecified atom stereocenters. The maximum absolute atomic E-state index is 4.26. The number of nitrogens with zero attached hydrogens (tertiary/aromatic N) is 1. The zero-order valence-corrected chi connectivity index (χ0v) is 13.3. The molecule has 1 N–H and O–H groups in total. The quantitative estimate of drug-likeness (QED) is 0.912. The summed E-state index contributed by atoms with van der Waals surface area (Å²) >= 11 is 0. The van der Waals surface area contributed by atoms with E-state index in [1.54, 1.807) is 0 Å². The summed E-state index contributed by atoms with van der Waals surface area (Å²) < 4.78 is 0. The van der Waals surface area contributed by atoms with E-state index < -0.39 is 0 Å². The van der Waals surface area contributed by atoms with Crippen molar-refractivity contribution < 1.29 is 0 Å². The van der Waals surface area contributed by atoms with E-state index in [1.807, 2.05) is 25.5 Å². The van der Waals surface area contributed by atoms with Crippen LogP contribution in [0.4, 0.5) is 0 Å². The molecule has 0 saturated heterocycles. The SMILES string of the molecule is CNC(c1cccnc1)c1c(C)c(C)c(C)c(C)c1C. The summed E-state index contributed by atoms with van der Waals surface area (Å²) in [6.07, 6.45) is 3.77. The maximum atomic E-state index is 4.26. The molecule has 1 heterocycles. The smallest absolute Gasteiger partial charge is 0.0594 e. The number of pyridine rings is 1. The lowest BCUT2D eigenvalue weighted by atomic mass is 9.84. The molecule has 0 aliphatic heterocycles. The van der Waals surface area contributed by atoms with Crippen molar-refractivity contribution in [2.75, 3.05) is 7.05 Å². The monoisotopic (exact) mass is 268 g/mol. The lowest BCUT2D eigenvalue weighted by Crippen LogP contribution is -2.21. The Kier molecular flexibility index (Phi) is 4.24. The van der Waals surface area contributed by atoms with Gasteiger partial charge in [0.2, 0.25) is 0 Å². The van der Waals surface area contributed by atoms with Crippen molar-refractivity contribution in [2.24, 2.45) is 0 Å². The molecule has 1 aromatic heterocycles. The Bertz CT molecular complexity index is 586. The summed E-state index contributed by atoms with van der Waals surface area (Å²) in [6, 6.07) is 4.33. The summed E-state index contributed by atoms with van der Waals surface area (Å²) in [4.78, 5) is 4.26. The van der Waals surface area contributed by atoms with Crippen LogP contribution in [0.15, 0.2) is 24.5 Å². The highest BCUT2D eigenvalue weighted by atomic mass is 14.9. The van der Waals surface area contributed by atoms with E-state index in [1.165, 1.54) is 38.9 Å². The second-order valence-corrected chi connectivity index (χ2v) is 5.55. The van der Waals surface area contributed by atoms with E-state index in [0.29, 0.717) is 0 Å². The summed E-state index contributed by atoms with van der Waals surface area (Å²) in [5.74, 6) is 0. The van der Waals surface area contributed by atoms with Crippen molar-refractivity contribution in [2.45, 2.75) is 40.7 Å². The molecule has 0 bridgehead atoms. The molecule has 0 fully saturated rings. The van der Waals surface area contributed by atoms with E-state index in [0.717, 1.165) is 0 Å². The molecular formula is C18H24N2. The molecule has 0 radical (unpaired) electrons. The van der Waals surface area contributed by atoms with Gasteiger partial charge in [0.05, 0.1) is 6.04 Å². The van der Waals surface area contributed by atoms with Gasteiger partial charge in [-0.2, -0.15) is 0 Å². The van der Waals surface area contributed by atoms with Crippen LogP contribution in [0.5, 0.6) is 0 Å². The third kappa shape index (κ3) is 2.36. The van der Waals surface area contributed by atoms with Gasteiger partial charge < -0.3 is 5.32 Å². The minimum absolute atomic E-state index is 0.196. The molecule has 2 nitrogen and oxygen atoms in total. The number of hydrogen-bond donors (Lipinski definition) is 1. The van der Waals surface area contributed by atoms with E-state index in [4.69, 9.17) is 0 Å². The second-order valence-electron chi connectivity index (χ2n) is 5.55. The molecule has 20 heavy (non-hydrogen) atoms. The van der Waals surface area contributed by atoms with Crippen molar-refractivity contribution in [1.82, 2.24) is 10.3 Å². The molecule has 2 aromatic rings. The van der Waals surface area contributed by atoms with Gasteiger partial charge in [-0.1, -0.05) is 6.07 Å². The predicted octanol–water partition coefficient (Wildman–Crippen LogP) is 3.93. The molecule has 0 spiro atoms. The standard InChI is InChI=1S/C18H24N2/c1-11-12(2)14(4)17(15(5)13(11)3)18(19-6)16-8-7-9-20-10-16/h7-10,18-19H,1-6H3. The van der Waals surface area contributed by atoms with E-state index >= 15 is 0 Å².